The molecule has 5 rings (SSSR count). The summed E-state index contributed by atoms with van der Waals surface area (Å²) >= 11 is 7.40. The van der Waals surface area contributed by atoms with Gasteiger partial charge >= 0.3 is 0 Å². The maximum Gasteiger partial charge on any atom is 0.257 e. The van der Waals surface area contributed by atoms with Gasteiger partial charge in [0.25, 0.3) is 5.91 Å². The number of anilines is 1. The zero-order valence-electron chi connectivity index (χ0n) is 20.1. The summed E-state index contributed by atoms with van der Waals surface area (Å²) in [4.78, 5) is 25.9. The molecule has 0 aliphatic heterocycles. The van der Waals surface area contributed by atoms with Gasteiger partial charge in [0.05, 0.1) is 19.7 Å². The molecule has 0 unspecified atom stereocenters. The van der Waals surface area contributed by atoms with E-state index in [1.54, 1.807) is 38.6 Å². The Kier molecular flexibility index (Phi) is 6.98. The second-order valence-electron chi connectivity index (χ2n) is 7.84. The Morgan fingerprint density at radius 2 is 1.73 bits per heavy atom. The highest BCUT2D eigenvalue weighted by atomic mass is 35.5. The lowest BCUT2D eigenvalue weighted by Crippen LogP contribution is -2.14. The number of nitrogens with zero attached hydrogens (tertiary/aromatic N) is 3. The summed E-state index contributed by atoms with van der Waals surface area (Å²) in [7, 11) is 3.16. The Morgan fingerprint density at radius 3 is 2.51 bits per heavy atom. The number of methoxy groups -OCH3 is 2. The molecule has 0 radical (unpaired) electrons. The van der Waals surface area contributed by atoms with Crippen LogP contribution in [-0.4, -0.2) is 41.3 Å². The molecule has 0 fully saturated rings. The first kappa shape index (κ1) is 24.6. The number of amides is 1. The van der Waals surface area contributed by atoms with Crippen molar-refractivity contribution in [3.05, 3.63) is 77.6 Å². The number of hydrogen-bond donors (Lipinski definition) is 1. The van der Waals surface area contributed by atoms with E-state index in [4.69, 9.17) is 25.8 Å². The van der Waals surface area contributed by atoms with Gasteiger partial charge in [-0.05, 0) is 53.4 Å². The Morgan fingerprint density at radius 1 is 0.919 bits per heavy atom. The normalized spacial score (nSPS) is 10.9. The molecular formula is C27H21ClN4O4S. The summed E-state index contributed by atoms with van der Waals surface area (Å²) in [5, 5.41) is 5.93. The van der Waals surface area contributed by atoms with Crippen LogP contribution in [0.25, 0.3) is 21.7 Å². The highest BCUT2D eigenvalue weighted by Gasteiger charge is 2.15. The van der Waals surface area contributed by atoms with E-state index in [1.165, 1.54) is 17.8 Å². The molecule has 0 bridgehead atoms. The van der Waals surface area contributed by atoms with Crippen molar-refractivity contribution in [2.75, 3.05) is 25.8 Å². The van der Waals surface area contributed by atoms with Crippen molar-refractivity contribution in [3.63, 3.8) is 0 Å². The summed E-state index contributed by atoms with van der Waals surface area (Å²) in [6, 6.07) is 18.0. The van der Waals surface area contributed by atoms with Crippen LogP contribution in [0.2, 0.25) is 5.15 Å². The molecule has 2 heterocycles. The number of rotatable bonds is 7. The van der Waals surface area contributed by atoms with Crippen LogP contribution in [0.3, 0.4) is 0 Å². The van der Waals surface area contributed by atoms with Crippen molar-refractivity contribution in [3.8, 4) is 23.0 Å². The standard InChI is InChI=1S/C27H21ClN4O4S/c1-34-22-12-19-20(13-23(22)35-2)29-10-9-21(19)36-16-7-8-17-15(11-16)5-4-6-18(17)26(33)31-25-14-24(28)30-27(32-25)37-3/h4-14H,1-3H3,(H,30,31,32,33). The number of ether oxygens (including phenoxy) is 3. The van der Waals surface area contributed by atoms with E-state index < -0.39 is 0 Å². The second-order valence-corrected chi connectivity index (χ2v) is 9.00. The molecule has 1 N–H and O–H groups in total. The van der Waals surface area contributed by atoms with E-state index in [1.807, 2.05) is 42.7 Å². The fraction of sp³-hybridized carbons (Fsp3) is 0.111. The number of carbonyl (C=O) groups excluding carboxylic acids is 1. The van der Waals surface area contributed by atoms with Gasteiger partial charge in [-0.3, -0.25) is 9.78 Å². The lowest BCUT2D eigenvalue weighted by Gasteiger charge is -2.13. The monoisotopic (exact) mass is 532 g/mol. The Labute approximate surface area is 222 Å². The number of halogens is 1. The smallest absolute Gasteiger partial charge is 0.257 e. The van der Waals surface area contributed by atoms with Gasteiger partial charge in [0, 0.05) is 29.3 Å². The van der Waals surface area contributed by atoms with E-state index in [2.05, 4.69) is 20.3 Å². The summed E-state index contributed by atoms with van der Waals surface area (Å²) < 4.78 is 17.1. The minimum atomic E-state index is -0.303. The lowest BCUT2D eigenvalue weighted by atomic mass is 10.0. The number of benzene rings is 3. The summed E-state index contributed by atoms with van der Waals surface area (Å²) in [5.41, 5.74) is 1.21. The summed E-state index contributed by atoms with van der Waals surface area (Å²) in [5.74, 6) is 2.43. The Bertz CT molecular complexity index is 1650. The quantitative estimate of drug-likeness (QED) is 0.142. The first-order chi connectivity index (χ1) is 18.0. The van der Waals surface area contributed by atoms with Gasteiger partial charge in [0.2, 0.25) is 0 Å². The Balaban J connectivity index is 1.46. The van der Waals surface area contributed by atoms with Gasteiger partial charge in [-0.15, -0.1) is 0 Å². The number of thioether (sulfide) groups is 1. The third-order valence-corrected chi connectivity index (χ3v) is 6.37. The van der Waals surface area contributed by atoms with Gasteiger partial charge in [-0.25, -0.2) is 9.97 Å². The molecule has 0 atom stereocenters. The fourth-order valence-corrected chi connectivity index (χ4v) is 4.54. The van der Waals surface area contributed by atoms with Crippen molar-refractivity contribution >= 4 is 56.8 Å². The number of aromatic nitrogens is 3. The van der Waals surface area contributed by atoms with Gasteiger partial charge in [0.1, 0.15) is 22.5 Å². The summed E-state index contributed by atoms with van der Waals surface area (Å²) in [6.45, 7) is 0. The SMILES string of the molecule is COc1cc2nccc(Oc3ccc4c(C(=O)Nc5cc(Cl)nc(SC)n5)cccc4c3)c2cc1OC. The van der Waals surface area contributed by atoms with Crippen LogP contribution in [-0.2, 0) is 0 Å². The largest absolute Gasteiger partial charge is 0.493 e. The number of hydrogen-bond acceptors (Lipinski definition) is 8. The van der Waals surface area contributed by atoms with E-state index in [-0.39, 0.29) is 11.1 Å². The predicted octanol–water partition coefficient (Wildman–Crippen LogP) is 6.62. The molecule has 3 aromatic carbocycles. The van der Waals surface area contributed by atoms with Crippen LogP contribution in [0.15, 0.2) is 72.0 Å². The minimum absolute atomic E-state index is 0.258. The van der Waals surface area contributed by atoms with Gasteiger partial charge in [0.15, 0.2) is 16.7 Å². The number of carbonyl (C=O) groups is 1. The highest BCUT2D eigenvalue weighted by Crippen LogP contribution is 2.37. The van der Waals surface area contributed by atoms with Crippen LogP contribution in [0.5, 0.6) is 23.0 Å². The van der Waals surface area contributed by atoms with Crippen molar-refractivity contribution in [1.29, 1.82) is 0 Å². The number of pyridine rings is 1. The topological polar surface area (TPSA) is 95.5 Å². The molecule has 0 spiro atoms. The van der Waals surface area contributed by atoms with Crippen LogP contribution < -0.4 is 19.5 Å². The van der Waals surface area contributed by atoms with Crippen molar-refractivity contribution in [2.45, 2.75) is 5.16 Å². The molecule has 186 valence electrons. The average Bonchev–Trinajstić information content (AvgIpc) is 2.91. The second kappa shape index (κ2) is 10.5. The van der Waals surface area contributed by atoms with Crippen molar-refractivity contribution in [2.24, 2.45) is 0 Å². The molecule has 0 saturated heterocycles. The fourth-order valence-electron chi connectivity index (χ4n) is 3.92. The van der Waals surface area contributed by atoms with Crippen molar-refractivity contribution < 1.29 is 19.0 Å². The van der Waals surface area contributed by atoms with Crippen LogP contribution in [0, 0.1) is 0 Å². The zero-order chi connectivity index (χ0) is 25.9. The molecule has 0 aliphatic carbocycles. The molecule has 37 heavy (non-hydrogen) atoms. The molecular weight excluding hydrogens is 512 g/mol. The minimum Gasteiger partial charge on any atom is -0.493 e. The third kappa shape index (κ3) is 5.09. The lowest BCUT2D eigenvalue weighted by molar-refractivity contribution is 0.102. The number of fused-ring (bicyclic) bond motifs is 2. The van der Waals surface area contributed by atoms with E-state index >= 15 is 0 Å². The van der Waals surface area contributed by atoms with Crippen LogP contribution in [0.1, 0.15) is 10.4 Å². The molecule has 5 aromatic rings. The van der Waals surface area contributed by atoms with Crippen LogP contribution >= 0.6 is 23.4 Å². The van der Waals surface area contributed by atoms with Gasteiger partial charge in [-0.1, -0.05) is 35.5 Å². The van der Waals surface area contributed by atoms with Gasteiger partial charge in [-0.2, -0.15) is 0 Å². The van der Waals surface area contributed by atoms with Gasteiger partial charge < -0.3 is 19.5 Å². The molecule has 1 amide bonds. The maximum atomic E-state index is 13.1. The summed E-state index contributed by atoms with van der Waals surface area (Å²) in [6.07, 6.45) is 3.51. The zero-order valence-corrected chi connectivity index (χ0v) is 21.7. The Hall–Kier alpha value is -4.08. The van der Waals surface area contributed by atoms with E-state index in [0.29, 0.717) is 45.1 Å². The maximum absolute atomic E-state index is 13.1. The number of nitrogens with one attached hydrogen (secondary N) is 1. The first-order valence-corrected chi connectivity index (χ1v) is 12.7. The molecule has 0 aliphatic rings. The molecule has 0 saturated carbocycles. The van der Waals surface area contributed by atoms with E-state index in [0.717, 1.165) is 16.2 Å². The van der Waals surface area contributed by atoms with Crippen molar-refractivity contribution in [1.82, 2.24) is 15.0 Å². The average molecular weight is 533 g/mol. The first-order valence-electron chi connectivity index (χ1n) is 11.1. The van der Waals surface area contributed by atoms with Crippen LogP contribution in [0.4, 0.5) is 5.82 Å². The molecule has 10 heteroatoms. The van der Waals surface area contributed by atoms with E-state index in [9.17, 15) is 4.79 Å². The third-order valence-electron chi connectivity index (χ3n) is 5.63. The highest BCUT2D eigenvalue weighted by molar-refractivity contribution is 7.98. The predicted molar refractivity (Wildman–Crippen MR) is 146 cm³/mol. The molecule has 8 nitrogen and oxygen atoms in total. The molecule has 2 aromatic heterocycles.